The highest BCUT2D eigenvalue weighted by molar-refractivity contribution is 6.27. The Bertz CT molecular complexity index is 359. The summed E-state index contributed by atoms with van der Waals surface area (Å²) >= 11 is 5.36. The monoisotopic (exact) mass is 255 g/mol. The van der Waals surface area contributed by atoms with E-state index in [1.165, 1.54) is 0 Å². The van der Waals surface area contributed by atoms with Crippen molar-refractivity contribution < 1.29 is 9.53 Å². The summed E-state index contributed by atoms with van der Waals surface area (Å²) in [5, 5.41) is 2.70. The van der Waals surface area contributed by atoms with Crippen LogP contribution in [0, 0.1) is 13.8 Å². The molecule has 0 atom stereocenters. The number of benzene rings is 1. The molecule has 0 aromatic heterocycles. The SMILES string of the molecule is Cc1cccc(C)c1OCCCNC(=O)CCl. The van der Waals surface area contributed by atoms with Crippen LogP contribution in [0.15, 0.2) is 18.2 Å². The lowest BCUT2D eigenvalue weighted by atomic mass is 10.1. The summed E-state index contributed by atoms with van der Waals surface area (Å²) in [6.45, 7) is 5.24. The molecule has 0 heterocycles. The fraction of sp³-hybridized carbons (Fsp3) is 0.462. The van der Waals surface area contributed by atoms with Gasteiger partial charge >= 0.3 is 0 Å². The van der Waals surface area contributed by atoms with Gasteiger partial charge in [-0.2, -0.15) is 0 Å². The van der Waals surface area contributed by atoms with Crippen LogP contribution in [-0.4, -0.2) is 24.9 Å². The minimum Gasteiger partial charge on any atom is -0.493 e. The number of carbonyl (C=O) groups is 1. The maximum absolute atomic E-state index is 10.9. The van der Waals surface area contributed by atoms with Crippen molar-refractivity contribution in [3.8, 4) is 5.75 Å². The van der Waals surface area contributed by atoms with Crippen molar-refractivity contribution >= 4 is 17.5 Å². The quantitative estimate of drug-likeness (QED) is 0.626. The van der Waals surface area contributed by atoms with Gasteiger partial charge < -0.3 is 10.1 Å². The van der Waals surface area contributed by atoms with E-state index < -0.39 is 0 Å². The summed E-state index contributed by atoms with van der Waals surface area (Å²) < 4.78 is 5.70. The van der Waals surface area contributed by atoms with Gasteiger partial charge in [0.05, 0.1) is 6.61 Å². The highest BCUT2D eigenvalue weighted by Gasteiger charge is 2.02. The van der Waals surface area contributed by atoms with Crippen molar-refractivity contribution in [2.75, 3.05) is 19.0 Å². The van der Waals surface area contributed by atoms with E-state index in [9.17, 15) is 4.79 Å². The number of carbonyl (C=O) groups excluding carboxylic acids is 1. The smallest absolute Gasteiger partial charge is 0.234 e. The number of hydrogen-bond donors (Lipinski definition) is 1. The average Bonchev–Trinajstić information content (AvgIpc) is 2.31. The maximum atomic E-state index is 10.9. The van der Waals surface area contributed by atoms with Gasteiger partial charge in [0.2, 0.25) is 5.91 Å². The largest absolute Gasteiger partial charge is 0.493 e. The van der Waals surface area contributed by atoms with Gasteiger partial charge in [0.25, 0.3) is 0 Å². The Balaban J connectivity index is 2.29. The number of rotatable bonds is 6. The van der Waals surface area contributed by atoms with E-state index in [4.69, 9.17) is 16.3 Å². The third-order valence-corrected chi connectivity index (χ3v) is 2.66. The summed E-state index contributed by atoms with van der Waals surface area (Å²) in [5.74, 6) is 0.813. The van der Waals surface area contributed by atoms with Crippen LogP contribution in [0.1, 0.15) is 17.5 Å². The van der Waals surface area contributed by atoms with Gasteiger partial charge in [-0.25, -0.2) is 0 Å². The Morgan fingerprint density at radius 1 is 1.35 bits per heavy atom. The first-order valence-corrected chi connectivity index (χ1v) is 6.20. The zero-order chi connectivity index (χ0) is 12.7. The lowest BCUT2D eigenvalue weighted by Gasteiger charge is -2.11. The van der Waals surface area contributed by atoms with Gasteiger partial charge in [0, 0.05) is 6.54 Å². The van der Waals surface area contributed by atoms with Gasteiger partial charge in [0.15, 0.2) is 0 Å². The molecule has 0 aliphatic heterocycles. The van der Waals surface area contributed by atoms with Crippen molar-refractivity contribution in [2.24, 2.45) is 0 Å². The molecule has 0 bridgehead atoms. The molecule has 0 radical (unpaired) electrons. The van der Waals surface area contributed by atoms with Crippen LogP contribution in [0.5, 0.6) is 5.75 Å². The van der Waals surface area contributed by atoms with Crippen molar-refractivity contribution in [2.45, 2.75) is 20.3 Å². The van der Waals surface area contributed by atoms with Gasteiger partial charge in [0.1, 0.15) is 11.6 Å². The zero-order valence-electron chi connectivity index (χ0n) is 10.3. The summed E-state index contributed by atoms with van der Waals surface area (Å²) in [4.78, 5) is 10.9. The molecular weight excluding hydrogens is 238 g/mol. The van der Waals surface area contributed by atoms with Crippen LogP contribution in [0.4, 0.5) is 0 Å². The molecule has 0 aliphatic rings. The molecule has 1 amide bonds. The molecule has 0 aliphatic carbocycles. The Labute approximate surface area is 107 Å². The fourth-order valence-corrected chi connectivity index (χ4v) is 1.64. The Kier molecular flexibility index (Phi) is 5.84. The predicted octanol–water partition coefficient (Wildman–Crippen LogP) is 2.43. The number of alkyl halides is 1. The molecule has 0 saturated carbocycles. The van der Waals surface area contributed by atoms with Crippen LogP contribution in [0.2, 0.25) is 0 Å². The molecule has 0 unspecified atom stereocenters. The van der Waals surface area contributed by atoms with Crippen LogP contribution >= 0.6 is 11.6 Å². The summed E-state index contributed by atoms with van der Waals surface area (Å²) in [6, 6.07) is 6.06. The zero-order valence-corrected chi connectivity index (χ0v) is 11.0. The first kappa shape index (κ1) is 13.8. The van der Waals surface area contributed by atoms with E-state index in [1.54, 1.807) is 0 Å². The third-order valence-electron chi connectivity index (χ3n) is 2.42. The second-order valence-electron chi connectivity index (χ2n) is 3.91. The molecule has 3 nitrogen and oxygen atoms in total. The van der Waals surface area contributed by atoms with Crippen molar-refractivity contribution in [3.63, 3.8) is 0 Å². The normalized spacial score (nSPS) is 10.1. The summed E-state index contributed by atoms with van der Waals surface area (Å²) in [6.07, 6.45) is 0.774. The van der Waals surface area contributed by atoms with Crippen LogP contribution in [-0.2, 0) is 4.79 Å². The van der Waals surface area contributed by atoms with E-state index in [0.29, 0.717) is 13.2 Å². The Morgan fingerprint density at radius 3 is 2.59 bits per heavy atom. The molecule has 1 aromatic carbocycles. The fourth-order valence-electron chi connectivity index (χ4n) is 1.55. The highest BCUT2D eigenvalue weighted by Crippen LogP contribution is 2.22. The van der Waals surface area contributed by atoms with E-state index in [0.717, 1.165) is 23.3 Å². The minimum absolute atomic E-state index is 0.0117. The molecule has 1 rings (SSSR count). The molecule has 0 saturated heterocycles. The molecule has 4 heteroatoms. The van der Waals surface area contributed by atoms with Crippen LogP contribution in [0.3, 0.4) is 0 Å². The number of amides is 1. The molecule has 0 fully saturated rings. The van der Waals surface area contributed by atoms with E-state index in [2.05, 4.69) is 5.32 Å². The van der Waals surface area contributed by atoms with Gasteiger partial charge in [-0.05, 0) is 31.4 Å². The topological polar surface area (TPSA) is 38.3 Å². The third kappa shape index (κ3) is 4.65. The Hall–Kier alpha value is -1.22. The molecule has 1 aromatic rings. The molecule has 1 N–H and O–H groups in total. The summed E-state index contributed by atoms with van der Waals surface area (Å²) in [7, 11) is 0. The van der Waals surface area contributed by atoms with E-state index in [1.807, 2.05) is 32.0 Å². The molecule has 0 spiro atoms. The van der Waals surface area contributed by atoms with E-state index in [-0.39, 0.29) is 11.8 Å². The first-order chi connectivity index (χ1) is 8.15. The highest BCUT2D eigenvalue weighted by atomic mass is 35.5. The number of para-hydroxylation sites is 1. The van der Waals surface area contributed by atoms with E-state index >= 15 is 0 Å². The molecular formula is C13H18ClNO2. The lowest BCUT2D eigenvalue weighted by Crippen LogP contribution is -2.26. The number of nitrogens with one attached hydrogen (secondary N) is 1. The van der Waals surface area contributed by atoms with Gasteiger partial charge in [-0.3, -0.25) is 4.79 Å². The lowest BCUT2D eigenvalue weighted by molar-refractivity contribution is -0.118. The average molecular weight is 256 g/mol. The predicted molar refractivity (Wildman–Crippen MR) is 69.8 cm³/mol. The second-order valence-corrected chi connectivity index (χ2v) is 4.17. The number of ether oxygens (including phenoxy) is 1. The molecule has 17 heavy (non-hydrogen) atoms. The number of aryl methyl sites for hydroxylation is 2. The van der Waals surface area contributed by atoms with Crippen molar-refractivity contribution in [1.82, 2.24) is 5.32 Å². The maximum Gasteiger partial charge on any atom is 0.234 e. The molecule has 94 valence electrons. The first-order valence-electron chi connectivity index (χ1n) is 5.67. The van der Waals surface area contributed by atoms with Crippen molar-refractivity contribution in [1.29, 1.82) is 0 Å². The van der Waals surface area contributed by atoms with Crippen LogP contribution in [0.25, 0.3) is 0 Å². The van der Waals surface area contributed by atoms with Gasteiger partial charge in [-0.1, -0.05) is 18.2 Å². The minimum atomic E-state index is -0.140. The van der Waals surface area contributed by atoms with Crippen molar-refractivity contribution in [3.05, 3.63) is 29.3 Å². The Morgan fingerprint density at radius 2 is 2.00 bits per heavy atom. The number of hydrogen-bond acceptors (Lipinski definition) is 2. The second kappa shape index (κ2) is 7.17. The summed E-state index contributed by atoms with van der Waals surface area (Å²) in [5.41, 5.74) is 2.27. The standard InChI is InChI=1S/C13H18ClNO2/c1-10-5-3-6-11(2)13(10)17-8-4-7-15-12(16)9-14/h3,5-6H,4,7-9H2,1-2H3,(H,15,16). The van der Waals surface area contributed by atoms with Crippen LogP contribution < -0.4 is 10.1 Å². The van der Waals surface area contributed by atoms with Gasteiger partial charge in [-0.15, -0.1) is 11.6 Å². The number of halogens is 1.